The van der Waals surface area contributed by atoms with Gasteiger partial charge in [-0.05, 0) is 52.8 Å². The third kappa shape index (κ3) is 7.83. The van der Waals surface area contributed by atoms with Crippen LogP contribution in [0.4, 0.5) is 5.82 Å². The summed E-state index contributed by atoms with van der Waals surface area (Å²) in [5.41, 5.74) is 5.91. The first-order valence-corrected chi connectivity index (χ1v) is 11.8. The second-order valence-electron chi connectivity index (χ2n) is 8.55. The average molecular weight is 449 g/mol. The number of hydrogen-bond acceptors (Lipinski definition) is 7. The van der Waals surface area contributed by atoms with Crippen molar-refractivity contribution in [2.45, 2.75) is 72.0 Å². The fourth-order valence-corrected chi connectivity index (χ4v) is 4.28. The molecule has 2 fully saturated rings. The molecular formula is C24H44N6O2. The molecule has 0 radical (unpaired) electrons. The molecule has 8 heteroatoms. The van der Waals surface area contributed by atoms with Gasteiger partial charge in [-0.15, -0.1) is 0 Å². The highest BCUT2D eigenvalue weighted by Gasteiger charge is 2.33. The number of aromatic nitrogens is 1. The molecule has 0 spiro atoms. The Morgan fingerprint density at radius 2 is 1.81 bits per heavy atom. The zero-order chi connectivity index (χ0) is 24.3. The van der Waals surface area contributed by atoms with Crippen LogP contribution in [-0.2, 0) is 4.79 Å². The lowest BCUT2D eigenvalue weighted by Crippen LogP contribution is -2.58. The van der Waals surface area contributed by atoms with Gasteiger partial charge in [0.25, 0.3) is 0 Å². The number of rotatable bonds is 5. The fraction of sp³-hybridized carbons (Fsp3) is 0.708. The van der Waals surface area contributed by atoms with Gasteiger partial charge < -0.3 is 21.1 Å². The Bertz CT molecular complexity index is 688. The Kier molecular flexibility index (Phi) is 12.4. The Labute approximate surface area is 194 Å². The second kappa shape index (κ2) is 14.2. The summed E-state index contributed by atoms with van der Waals surface area (Å²) in [5.74, 6) is 0.253. The number of pyridine rings is 1. The van der Waals surface area contributed by atoms with Crippen molar-refractivity contribution in [2.24, 2.45) is 5.73 Å². The molecule has 0 amide bonds. The summed E-state index contributed by atoms with van der Waals surface area (Å²) in [7, 11) is 1.50. The van der Waals surface area contributed by atoms with Crippen molar-refractivity contribution in [3.63, 3.8) is 0 Å². The van der Waals surface area contributed by atoms with E-state index in [-0.39, 0.29) is 6.04 Å². The van der Waals surface area contributed by atoms with Crippen molar-refractivity contribution < 1.29 is 9.90 Å². The second-order valence-corrected chi connectivity index (χ2v) is 8.55. The third-order valence-corrected chi connectivity index (χ3v) is 6.06. The monoisotopic (exact) mass is 448 g/mol. The van der Waals surface area contributed by atoms with Crippen molar-refractivity contribution in [1.29, 1.82) is 5.41 Å². The summed E-state index contributed by atoms with van der Waals surface area (Å²) in [5, 5.41) is 16.9. The molecule has 1 aromatic heterocycles. The highest BCUT2D eigenvalue weighted by atomic mass is 16.4. The third-order valence-electron chi connectivity index (χ3n) is 6.06. The molecule has 0 bridgehead atoms. The van der Waals surface area contributed by atoms with Gasteiger partial charge in [0.1, 0.15) is 11.9 Å². The van der Waals surface area contributed by atoms with Crippen molar-refractivity contribution in [3.8, 4) is 0 Å². The number of hydrogen-bond donors (Lipinski definition) is 3. The highest BCUT2D eigenvalue weighted by Crippen LogP contribution is 2.24. The molecular weight excluding hydrogens is 404 g/mol. The standard InChI is InChI=1S/C20H31N5O2.C3H8.CH5N/c1-14-13-24(19-5-4-17(12-22-19)15(2)21)10-11-25(14)18-6-8-23(9-7-18)16(3)20(26)27;1-3-2;1-2/h4-5,12,14,16,18,21H,6-11,13H2,1-3H3,(H,26,27);3H2,1-2H3;2H2,1H3. The van der Waals surface area contributed by atoms with E-state index in [1.807, 2.05) is 12.1 Å². The largest absolute Gasteiger partial charge is 0.480 e. The van der Waals surface area contributed by atoms with Gasteiger partial charge in [-0.25, -0.2) is 4.98 Å². The number of aliphatic carboxylic acids is 1. The maximum Gasteiger partial charge on any atom is 0.320 e. The van der Waals surface area contributed by atoms with E-state index in [2.05, 4.69) is 46.2 Å². The summed E-state index contributed by atoms with van der Waals surface area (Å²) in [6, 6.07) is 4.58. The summed E-state index contributed by atoms with van der Waals surface area (Å²) in [4.78, 5) is 22.7. The lowest BCUT2D eigenvalue weighted by molar-refractivity contribution is -0.143. The number of carboxylic acid groups (broad SMARTS) is 1. The lowest BCUT2D eigenvalue weighted by Gasteiger charge is -2.47. The Morgan fingerprint density at radius 1 is 1.22 bits per heavy atom. The van der Waals surface area contributed by atoms with E-state index in [0.29, 0.717) is 17.8 Å². The van der Waals surface area contributed by atoms with Gasteiger partial charge in [-0.1, -0.05) is 20.3 Å². The van der Waals surface area contributed by atoms with Crippen LogP contribution in [0.5, 0.6) is 0 Å². The van der Waals surface area contributed by atoms with E-state index in [9.17, 15) is 9.90 Å². The van der Waals surface area contributed by atoms with E-state index in [4.69, 9.17) is 5.41 Å². The zero-order valence-electron chi connectivity index (χ0n) is 20.8. The molecule has 1 aromatic rings. The first kappa shape index (κ1) is 28.0. The van der Waals surface area contributed by atoms with Gasteiger partial charge in [0.05, 0.1) is 0 Å². The minimum absolute atomic E-state index is 0.390. The first-order valence-electron chi connectivity index (χ1n) is 11.8. The molecule has 2 aliphatic rings. The molecule has 0 saturated carbocycles. The summed E-state index contributed by atoms with van der Waals surface area (Å²) in [6.45, 7) is 14.7. The van der Waals surface area contributed by atoms with Crippen LogP contribution in [0.25, 0.3) is 0 Å². The Hall–Kier alpha value is -2.03. The minimum Gasteiger partial charge on any atom is -0.480 e. The van der Waals surface area contributed by atoms with Crippen molar-refractivity contribution in [1.82, 2.24) is 14.8 Å². The predicted octanol–water partition coefficient (Wildman–Crippen LogP) is 2.91. The van der Waals surface area contributed by atoms with Crippen molar-refractivity contribution >= 4 is 17.5 Å². The van der Waals surface area contributed by atoms with Crippen LogP contribution in [0.15, 0.2) is 18.3 Å². The molecule has 8 nitrogen and oxygen atoms in total. The van der Waals surface area contributed by atoms with Crippen LogP contribution in [0.2, 0.25) is 0 Å². The van der Waals surface area contributed by atoms with Crippen LogP contribution in [0.3, 0.4) is 0 Å². The molecule has 0 aliphatic carbocycles. The molecule has 2 aliphatic heterocycles. The normalized spacial score (nSPS) is 21.0. The lowest BCUT2D eigenvalue weighted by atomic mass is 9.98. The predicted molar refractivity (Wildman–Crippen MR) is 133 cm³/mol. The highest BCUT2D eigenvalue weighted by molar-refractivity contribution is 5.96. The number of piperazine rings is 1. The maximum absolute atomic E-state index is 11.2. The molecule has 3 heterocycles. The van der Waals surface area contributed by atoms with E-state index in [0.717, 1.165) is 56.9 Å². The quantitative estimate of drug-likeness (QED) is 0.594. The van der Waals surface area contributed by atoms with E-state index >= 15 is 0 Å². The average Bonchev–Trinajstić information content (AvgIpc) is 2.80. The molecule has 3 rings (SSSR count). The van der Waals surface area contributed by atoms with E-state index in [1.165, 1.54) is 13.5 Å². The first-order chi connectivity index (χ1) is 15.3. The van der Waals surface area contributed by atoms with Gasteiger partial charge in [0.2, 0.25) is 0 Å². The van der Waals surface area contributed by atoms with Gasteiger partial charge >= 0.3 is 5.97 Å². The molecule has 0 aromatic carbocycles. The molecule has 2 atom stereocenters. The maximum atomic E-state index is 11.2. The number of nitrogens with one attached hydrogen (secondary N) is 1. The van der Waals surface area contributed by atoms with Crippen molar-refractivity contribution in [2.75, 3.05) is 44.7 Å². The summed E-state index contributed by atoms with van der Waals surface area (Å²) >= 11 is 0. The van der Waals surface area contributed by atoms with Crippen LogP contribution < -0.4 is 10.6 Å². The number of carboxylic acids is 1. The Balaban J connectivity index is 0.000000944. The van der Waals surface area contributed by atoms with Crippen LogP contribution in [0, 0.1) is 5.41 Å². The minimum atomic E-state index is -0.729. The van der Waals surface area contributed by atoms with Gasteiger partial charge in [0, 0.05) is 62.3 Å². The smallest absolute Gasteiger partial charge is 0.320 e. The number of nitrogens with two attached hydrogens (primary N) is 1. The summed E-state index contributed by atoms with van der Waals surface area (Å²) < 4.78 is 0. The molecule has 2 saturated heterocycles. The number of nitrogens with zero attached hydrogens (tertiary/aromatic N) is 4. The fourth-order valence-electron chi connectivity index (χ4n) is 4.28. The van der Waals surface area contributed by atoms with Crippen molar-refractivity contribution in [3.05, 3.63) is 23.9 Å². The van der Waals surface area contributed by atoms with Crippen LogP contribution in [-0.4, -0.2) is 89.5 Å². The van der Waals surface area contributed by atoms with Gasteiger partial charge in [-0.3, -0.25) is 14.6 Å². The zero-order valence-corrected chi connectivity index (χ0v) is 20.8. The number of anilines is 1. The van der Waals surface area contributed by atoms with Crippen LogP contribution >= 0.6 is 0 Å². The van der Waals surface area contributed by atoms with E-state index < -0.39 is 5.97 Å². The topological polar surface area (TPSA) is 110 Å². The van der Waals surface area contributed by atoms with Gasteiger partial charge in [0.15, 0.2) is 0 Å². The number of likely N-dealkylation sites (tertiary alicyclic amines) is 1. The molecule has 4 N–H and O–H groups in total. The Morgan fingerprint density at radius 3 is 2.25 bits per heavy atom. The number of carbonyl (C=O) groups is 1. The van der Waals surface area contributed by atoms with Gasteiger partial charge in [-0.2, -0.15) is 0 Å². The molecule has 32 heavy (non-hydrogen) atoms. The molecule has 182 valence electrons. The molecule has 2 unspecified atom stereocenters. The summed E-state index contributed by atoms with van der Waals surface area (Å²) in [6.07, 6.45) is 5.11. The number of piperidine rings is 1. The SMILES string of the molecule is CC(=N)c1ccc(N2CCN(C3CCN(C(C)C(=O)O)CC3)C(C)C2)nc1.CCC.CN. The van der Waals surface area contributed by atoms with E-state index in [1.54, 1.807) is 20.0 Å². The van der Waals surface area contributed by atoms with Crippen LogP contribution in [0.1, 0.15) is 59.4 Å².